The zero-order chi connectivity index (χ0) is 21.8. The molecule has 31 heavy (non-hydrogen) atoms. The molecule has 0 radical (unpaired) electrons. The fourth-order valence-electron chi connectivity index (χ4n) is 3.96. The quantitative estimate of drug-likeness (QED) is 0.629. The number of alkyl carbamates (subject to hydrolysis) is 1. The molecule has 1 saturated heterocycles. The minimum Gasteiger partial charge on any atom is -0.481 e. The second kappa shape index (κ2) is 9.18. The van der Waals surface area contributed by atoms with E-state index in [1.165, 1.54) is 16.0 Å². The van der Waals surface area contributed by atoms with E-state index < -0.39 is 18.0 Å². The van der Waals surface area contributed by atoms with E-state index in [-0.39, 0.29) is 51.3 Å². The lowest BCUT2D eigenvalue weighted by Crippen LogP contribution is -2.54. The topological polar surface area (TPSA) is 105 Å². The van der Waals surface area contributed by atoms with E-state index in [4.69, 9.17) is 14.6 Å². The number of nitrogens with one attached hydrogen (secondary N) is 1. The fraction of sp³-hybridized carbons (Fsp3) is 0.348. The van der Waals surface area contributed by atoms with Crippen LogP contribution in [0.4, 0.5) is 4.79 Å². The van der Waals surface area contributed by atoms with Crippen molar-refractivity contribution in [2.45, 2.75) is 5.92 Å². The van der Waals surface area contributed by atoms with Crippen molar-refractivity contribution in [2.24, 2.45) is 5.92 Å². The Morgan fingerprint density at radius 3 is 2.23 bits per heavy atom. The summed E-state index contributed by atoms with van der Waals surface area (Å²) in [6, 6.07) is 16.2. The Morgan fingerprint density at radius 2 is 1.61 bits per heavy atom. The molecule has 1 fully saturated rings. The van der Waals surface area contributed by atoms with E-state index in [0.29, 0.717) is 0 Å². The number of hydrogen-bond donors (Lipinski definition) is 2. The number of rotatable bonds is 8. The monoisotopic (exact) mass is 424 g/mol. The van der Waals surface area contributed by atoms with Crippen LogP contribution >= 0.6 is 0 Å². The molecule has 0 saturated carbocycles. The molecule has 0 spiro atoms. The second-order valence-electron chi connectivity index (χ2n) is 7.64. The molecular weight excluding hydrogens is 400 g/mol. The van der Waals surface area contributed by atoms with Crippen molar-refractivity contribution in [3.63, 3.8) is 0 Å². The summed E-state index contributed by atoms with van der Waals surface area (Å²) in [5, 5.41) is 11.4. The summed E-state index contributed by atoms with van der Waals surface area (Å²) in [6.07, 6.45) is -0.538. The number of carbonyl (C=O) groups excluding carboxylic acids is 2. The Kier molecular flexibility index (Phi) is 6.18. The molecule has 162 valence electrons. The number of amides is 2. The smallest absolute Gasteiger partial charge is 0.407 e. The lowest BCUT2D eigenvalue weighted by Gasteiger charge is -2.36. The zero-order valence-electron chi connectivity index (χ0n) is 17.0. The Bertz CT molecular complexity index is 940. The highest BCUT2D eigenvalue weighted by molar-refractivity contribution is 5.82. The predicted molar refractivity (Wildman–Crippen MR) is 112 cm³/mol. The maximum Gasteiger partial charge on any atom is 0.407 e. The molecule has 2 amide bonds. The van der Waals surface area contributed by atoms with Gasteiger partial charge in [-0.2, -0.15) is 0 Å². The molecule has 1 aliphatic heterocycles. The van der Waals surface area contributed by atoms with E-state index in [9.17, 15) is 14.4 Å². The van der Waals surface area contributed by atoms with E-state index in [2.05, 4.69) is 29.6 Å². The molecule has 0 unspecified atom stereocenters. The number of likely N-dealkylation sites (tertiary alicyclic amines) is 1. The molecule has 0 aromatic heterocycles. The fourth-order valence-corrected chi connectivity index (χ4v) is 3.96. The highest BCUT2D eigenvalue weighted by Gasteiger charge is 2.35. The van der Waals surface area contributed by atoms with Gasteiger partial charge in [0.05, 0.1) is 12.5 Å². The Labute approximate surface area is 179 Å². The third-order valence-corrected chi connectivity index (χ3v) is 5.67. The van der Waals surface area contributed by atoms with Gasteiger partial charge in [0.25, 0.3) is 0 Å². The lowest BCUT2D eigenvalue weighted by atomic mass is 9.98. The van der Waals surface area contributed by atoms with Gasteiger partial charge in [-0.1, -0.05) is 48.5 Å². The minimum atomic E-state index is -0.891. The number of nitrogens with zero attached hydrogens (tertiary/aromatic N) is 1. The number of ether oxygens (including phenoxy) is 2. The van der Waals surface area contributed by atoms with Crippen LogP contribution in [0.2, 0.25) is 0 Å². The summed E-state index contributed by atoms with van der Waals surface area (Å²) in [7, 11) is 0. The van der Waals surface area contributed by atoms with Gasteiger partial charge in [-0.25, -0.2) is 4.79 Å². The number of carboxylic acid groups (broad SMARTS) is 1. The minimum absolute atomic E-state index is 0.00169. The summed E-state index contributed by atoms with van der Waals surface area (Å²) < 4.78 is 10.7. The third kappa shape index (κ3) is 4.54. The number of aliphatic carboxylic acids is 1. The van der Waals surface area contributed by atoms with Gasteiger partial charge in [0, 0.05) is 25.6 Å². The second-order valence-corrected chi connectivity index (χ2v) is 7.64. The van der Waals surface area contributed by atoms with Gasteiger partial charge in [0.1, 0.15) is 13.2 Å². The number of hydrogen-bond acceptors (Lipinski definition) is 5. The van der Waals surface area contributed by atoms with Gasteiger partial charge < -0.3 is 24.8 Å². The predicted octanol–water partition coefficient (Wildman–Crippen LogP) is 2.08. The molecule has 0 bridgehead atoms. The van der Waals surface area contributed by atoms with Crippen LogP contribution in [0.5, 0.6) is 0 Å². The number of carbonyl (C=O) groups is 3. The summed E-state index contributed by atoms with van der Waals surface area (Å²) in [4.78, 5) is 36.1. The molecule has 2 aromatic rings. The molecule has 1 aliphatic carbocycles. The van der Waals surface area contributed by atoms with Gasteiger partial charge in [-0.15, -0.1) is 0 Å². The van der Waals surface area contributed by atoms with Crippen LogP contribution in [0, 0.1) is 5.92 Å². The molecule has 2 N–H and O–H groups in total. The van der Waals surface area contributed by atoms with Crippen molar-refractivity contribution in [1.29, 1.82) is 0 Å². The maximum absolute atomic E-state index is 12.1. The molecule has 2 aromatic carbocycles. The average Bonchev–Trinajstić information content (AvgIpc) is 3.04. The first kappa shape index (κ1) is 20.9. The van der Waals surface area contributed by atoms with Gasteiger partial charge in [-0.3, -0.25) is 9.59 Å². The van der Waals surface area contributed by atoms with Crippen LogP contribution in [0.25, 0.3) is 11.1 Å². The summed E-state index contributed by atoms with van der Waals surface area (Å²) in [5.74, 6) is -1.63. The Morgan fingerprint density at radius 1 is 1.00 bits per heavy atom. The van der Waals surface area contributed by atoms with Crippen molar-refractivity contribution >= 4 is 18.0 Å². The number of benzene rings is 2. The number of fused-ring (bicyclic) bond motifs is 3. The number of carboxylic acids is 1. The first-order valence-electron chi connectivity index (χ1n) is 10.2. The van der Waals surface area contributed by atoms with Gasteiger partial charge in [-0.05, 0) is 22.3 Å². The standard InChI is InChI=1S/C23H24N2O6/c26-21(25-11-15(12-25)22(27)28)14-30-10-9-24-23(29)31-13-20-18-7-3-1-5-16(18)17-6-2-4-8-19(17)20/h1-8,15,20H,9-14H2,(H,24,29)(H,27,28). The van der Waals surface area contributed by atoms with Crippen molar-refractivity contribution in [2.75, 3.05) is 39.5 Å². The van der Waals surface area contributed by atoms with E-state index >= 15 is 0 Å². The Balaban J connectivity index is 1.16. The molecule has 8 heteroatoms. The summed E-state index contributed by atoms with van der Waals surface area (Å²) in [5.41, 5.74) is 4.63. The summed E-state index contributed by atoms with van der Waals surface area (Å²) in [6.45, 7) is 0.899. The molecule has 4 rings (SSSR count). The molecular formula is C23H24N2O6. The van der Waals surface area contributed by atoms with E-state index in [0.717, 1.165) is 11.1 Å². The zero-order valence-corrected chi connectivity index (χ0v) is 17.0. The van der Waals surface area contributed by atoms with Crippen molar-refractivity contribution in [3.05, 3.63) is 59.7 Å². The normalized spacial score (nSPS) is 15.0. The van der Waals surface area contributed by atoms with Crippen molar-refractivity contribution in [1.82, 2.24) is 10.2 Å². The van der Waals surface area contributed by atoms with Crippen LogP contribution in [-0.2, 0) is 19.1 Å². The average molecular weight is 424 g/mol. The van der Waals surface area contributed by atoms with Gasteiger partial charge in [0.15, 0.2) is 0 Å². The van der Waals surface area contributed by atoms with Crippen molar-refractivity contribution in [3.8, 4) is 11.1 Å². The van der Waals surface area contributed by atoms with Crippen LogP contribution in [0.1, 0.15) is 17.0 Å². The lowest BCUT2D eigenvalue weighted by molar-refractivity contribution is -0.154. The summed E-state index contributed by atoms with van der Waals surface area (Å²) >= 11 is 0. The molecule has 8 nitrogen and oxygen atoms in total. The molecule has 0 atom stereocenters. The van der Waals surface area contributed by atoms with Crippen LogP contribution in [-0.4, -0.2) is 67.4 Å². The third-order valence-electron chi connectivity index (χ3n) is 5.67. The van der Waals surface area contributed by atoms with Gasteiger partial charge >= 0.3 is 12.1 Å². The SMILES string of the molecule is O=C(NCCOCC(=O)N1CC(C(=O)O)C1)OCC1c2ccccc2-c2ccccc21. The van der Waals surface area contributed by atoms with E-state index in [1.54, 1.807) is 0 Å². The van der Waals surface area contributed by atoms with Gasteiger partial charge in [0.2, 0.25) is 5.91 Å². The first-order valence-corrected chi connectivity index (χ1v) is 10.2. The largest absolute Gasteiger partial charge is 0.481 e. The highest BCUT2D eigenvalue weighted by Crippen LogP contribution is 2.44. The Hall–Kier alpha value is -3.39. The molecule has 1 heterocycles. The van der Waals surface area contributed by atoms with Crippen LogP contribution in [0.15, 0.2) is 48.5 Å². The maximum atomic E-state index is 12.1. The van der Waals surface area contributed by atoms with E-state index in [1.807, 2.05) is 24.3 Å². The first-order chi connectivity index (χ1) is 15.0. The van der Waals surface area contributed by atoms with Crippen molar-refractivity contribution < 1.29 is 29.0 Å². The van der Waals surface area contributed by atoms with Crippen LogP contribution in [0.3, 0.4) is 0 Å². The molecule has 2 aliphatic rings. The van der Waals surface area contributed by atoms with Crippen LogP contribution < -0.4 is 5.32 Å². The highest BCUT2D eigenvalue weighted by atomic mass is 16.5.